The summed E-state index contributed by atoms with van der Waals surface area (Å²) in [5, 5.41) is 76.2. The normalized spacial score (nSPS) is 19.3. The van der Waals surface area contributed by atoms with Crippen molar-refractivity contribution < 1.29 is 63.9 Å². The van der Waals surface area contributed by atoms with E-state index in [2.05, 4.69) is 41.5 Å². The number of thiazole rings is 6. The van der Waals surface area contributed by atoms with E-state index in [1.807, 2.05) is 0 Å². The number of aliphatic hydroxyl groups is 3. The number of aliphatic hydroxyl groups excluding tert-OH is 2. The van der Waals surface area contributed by atoms with Gasteiger partial charge in [-0.25, -0.2) is 34.9 Å². The van der Waals surface area contributed by atoms with Crippen molar-refractivity contribution in [2.24, 2.45) is 11.7 Å². The van der Waals surface area contributed by atoms with Crippen LogP contribution in [0.2, 0.25) is 0 Å². The third-order valence-electron chi connectivity index (χ3n) is 15.1. The van der Waals surface area contributed by atoms with Crippen LogP contribution >= 0.6 is 68.0 Å². The number of fused-ring (bicyclic) bond motifs is 16. The lowest BCUT2D eigenvalue weighted by atomic mass is 9.98. The quantitative estimate of drug-likeness (QED) is 0.0692. The van der Waals surface area contributed by atoms with E-state index in [4.69, 9.17) is 30.8 Å². The number of phenolic OH excluding ortho intramolecular Hbond substituents is 1. The van der Waals surface area contributed by atoms with Crippen molar-refractivity contribution in [3.8, 4) is 49.1 Å². The topological polar surface area (TPSA) is 417 Å². The van der Waals surface area contributed by atoms with Crippen LogP contribution < -0.4 is 32.3 Å². The highest BCUT2D eigenvalue weighted by atomic mass is 32.1. The number of aryl methyl sites for hydroxylation is 1. The van der Waals surface area contributed by atoms with Gasteiger partial charge in [-0.2, -0.15) is 0 Å². The molecule has 0 unspecified atom stereocenters. The van der Waals surface area contributed by atoms with Gasteiger partial charge in [-0.1, -0.05) is 49.4 Å². The number of benzene rings is 2. The van der Waals surface area contributed by atoms with Crippen molar-refractivity contribution in [3.05, 3.63) is 147 Å². The predicted octanol–water partition coefficient (Wildman–Crippen LogP) is 5.36. The molecule has 0 saturated carbocycles. The van der Waals surface area contributed by atoms with Crippen molar-refractivity contribution in [2.75, 3.05) is 13.1 Å². The van der Waals surface area contributed by atoms with Gasteiger partial charge < -0.3 is 62.8 Å². The number of nitrogens with zero attached hydrogens (tertiary/aromatic N) is 8. The van der Waals surface area contributed by atoms with Gasteiger partial charge in [0, 0.05) is 56.2 Å². The summed E-state index contributed by atoms with van der Waals surface area (Å²) >= 11 is 6.52. The van der Waals surface area contributed by atoms with E-state index in [1.54, 1.807) is 79.2 Å². The Morgan fingerprint density at radius 2 is 1.34 bits per heavy atom. The molecule has 9 heterocycles. The van der Waals surface area contributed by atoms with Gasteiger partial charge in [-0.15, -0.1) is 68.0 Å². The first-order valence-corrected chi connectivity index (χ1v) is 33.6. The number of carbonyl (C=O) groups is 8. The van der Waals surface area contributed by atoms with E-state index in [9.17, 15) is 54.0 Å². The maximum absolute atomic E-state index is 15.2. The molecule has 10 bridgehead atoms. The Morgan fingerprint density at radius 1 is 0.710 bits per heavy atom. The average molecular weight is 1370 g/mol. The number of carboxylic acids is 1. The summed E-state index contributed by atoms with van der Waals surface area (Å²) < 4.78 is 0. The molecule has 0 radical (unpaired) electrons. The van der Waals surface area contributed by atoms with Gasteiger partial charge in [-0.3, -0.25) is 38.4 Å². The summed E-state index contributed by atoms with van der Waals surface area (Å²) in [4.78, 5) is 144. The first kappa shape index (κ1) is 65.3. The molecule has 2 aromatic carbocycles. The molecule has 0 spiro atoms. The van der Waals surface area contributed by atoms with Crippen LogP contribution in [-0.2, 0) is 25.6 Å². The highest BCUT2D eigenvalue weighted by Gasteiger charge is 2.46. The molecular formula is C60H56N14O13S6. The zero-order chi connectivity index (χ0) is 66.2. The smallest absolute Gasteiger partial charge is 0.322 e. The fourth-order valence-corrected chi connectivity index (χ4v) is 15.6. The minimum Gasteiger partial charge on any atom is -0.508 e. The van der Waals surface area contributed by atoms with Crippen LogP contribution in [0.3, 0.4) is 0 Å². The number of nitrogens with two attached hydrogens (primary N) is 1. The van der Waals surface area contributed by atoms with E-state index in [1.165, 1.54) is 69.7 Å². The fourth-order valence-electron chi connectivity index (χ4n) is 10.3. The molecule has 27 nitrogen and oxygen atoms in total. The largest absolute Gasteiger partial charge is 0.508 e. The molecule has 1 fully saturated rings. The Kier molecular flexibility index (Phi) is 19.1. The zero-order valence-corrected chi connectivity index (χ0v) is 54.2. The molecule has 33 heteroatoms. The summed E-state index contributed by atoms with van der Waals surface area (Å²) in [6.45, 7) is 5.04. The minimum atomic E-state index is -1.84. The molecule has 12 N–H and O–H groups in total. The minimum absolute atomic E-state index is 0.0252. The van der Waals surface area contributed by atoms with Crippen LogP contribution in [0.15, 0.2) is 93.6 Å². The first-order valence-electron chi connectivity index (χ1n) is 28.4. The maximum Gasteiger partial charge on any atom is 0.322 e. The summed E-state index contributed by atoms with van der Waals surface area (Å²) in [5.74, 6) is -7.40. The van der Waals surface area contributed by atoms with Gasteiger partial charge in [0.1, 0.15) is 106 Å². The number of amides is 7. The summed E-state index contributed by atoms with van der Waals surface area (Å²) in [6.07, 6.45) is -2.96. The molecule has 9 aromatic rings. The Hall–Kier alpha value is -9.19. The van der Waals surface area contributed by atoms with Crippen LogP contribution in [0.1, 0.15) is 124 Å². The van der Waals surface area contributed by atoms with Gasteiger partial charge in [0.05, 0.1) is 35.9 Å². The van der Waals surface area contributed by atoms with Gasteiger partial charge in [0.2, 0.25) is 17.7 Å². The number of aromatic nitrogens is 7. The standard InChI is InChI=1S/C60H56N14O13S6/c1-25-39(76)19-74-45(25)58-70-38(24-92-58)55-66-34(20-89-55)43-30(14-15-31(63-43)54-68-37(22-90-54)50(83)73-47(60(3,4)87)52(85)62-18-41(78)79)53-67-35(21-88-53)48(81)64-32(17-40(61)77)56-72-42(26(2)93-56)51(84)71-44(46(80)28-8-6-5-7-9-28)57-69-36(23-91-57)49(82)65-33(59(74)86)16-27-10-12-29(75)13-11-27/h5-15,20-25,32-33,39,44-47,75-76,80,87H,16-19H2,1-4H3,(H2,61,77)(H,62,85)(H,64,81)(H,65,82)(H,71,84)(H,73,83)(H,78,79)/t25-,32-,33-,39-,44-,45+,46+,47-/m0/s1. The second-order valence-corrected chi connectivity index (χ2v) is 27.8. The molecule has 2 aliphatic heterocycles. The Morgan fingerprint density at radius 3 is 2.06 bits per heavy atom. The lowest BCUT2D eigenvalue weighted by Gasteiger charge is -2.29. The third kappa shape index (κ3) is 14.4. The molecule has 480 valence electrons. The van der Waals surface area contributed by atoms with Crippen molar-refractivity contribution in [3.63, 3.8) is 0 Å². The predicted molar refractivity (Wildman–Crippen MR) is 344 cm³/mol. The number of rotatable bonds is 13. The first-order chi connectivity index (χ1) is 44.4. The van der Waals surface area contributed by atoms with Crippen LogP contribution in [-0.4, -0.2) is 150 Å². The Labute approximate surface area is 551 Å². The maximum atomic E-state index is 15.2. The van der Waals surface area contributed by atoms with E-state index in [0.717, 1.165) is 45.3 Å². The highest BCUT2D eigenvalue weighted by Crippen LogP contribution is 2.43. The second-order valence-electron chi connectivity index (χ2n) is 22.2. The van der Waals surface area contributed by atoms with Gasteiger partial charge in [0.25, 0.3) is 23.6 Å². The number of nitrogens with one attached hydrogen (secondary N) is 5. The highest BCUT2D eigenvalue weighted by molar-refractivity contribution is 7.15. The van der Waals surface area contributed by atoms with Crippen LogP contribution in [0.5, 0.6) is 5.75 Å². The number of primary amides is 1. The molecule has 7 aromatic heterocycles. The van der Waals surface area contributed by atoms with E-state index in [-0.39, 0.29) is 72.9 Å². The van der Waals surface area contributed by atoms with Gasteiger partial charge in [-0.05, 0) is 56.2 Å². The number of carbonyl (C=O) groups excluding carboxylic acids is 7. The molecule has 11 rings (SSSR count). The number of aliphatic carboxylic acids is 1. The number of pyridine rings is 1. The van der Waals surface area contributed by atoms with E-state index < -0.39 is 114 Å². The van der Waals surface area contributed by atoms with Crippen molar-refractivity contribution >= 4 is 115 Å². The number of hydrogen-bond donors (Lipinski definition) is 11. The number of hydrogen-bond acceptors (Lipinski definition) is 25. The molecular weight excluding hydrogens is 1320 g/mol. The lowest BCUT2D eigenvalue weighted by Crippen LogP contribution is -2.58. The lowest BCUT2D eigenvalue weighted by molar-refractivity contribution is -0.139. The average Bonchev–Trinajstić information content (AvgIpc) is 1.68. The van der Waals surface area contributed by atoms with Gasteiger partial charge in [0.15, 0.2) is 0 Å². The van der Waals surface area contributed by atoms with Crippen LogP contribution in [0, 0.1) is 12.8 Å². The fraction of sp³-hybridized carbons (Fsp3) is 0.283. The molecule has 1 saturated heterocycles. The molecule has 93 heavy (non-hydrogen) atoms. The van der Waals surface area contributed by atoms with Gasteiger partial charge >= 0.3 is 5.97 Å². The second kappa shape index (κ2) is 27.2. The molecule has 7 amide bonds. The van der Waals surface area contributed by atoms with Crippen molar-refractivity contribution in [1.82, 2.24) is 66.4 Å². The third-order valence-corrected chi connectivity index (χ3v) is 20.6. The molecule has 2 aliphatic rings. The SMILES string of the molecule is Cc1sc2nc1C(=O)N[C@@H]([C@H](O)c1ccccc1)c1nc(cs1)C(=O)N[C@@H](Cc1ccc(O)cc1)C(=O)N1C[C@H](O)[C@H](C)[C@@H]1c1nc(cs1)-c1nc(cs1)-c1nc(-c3nc(C(=O)N[C@@H](C(=O)NCC(=O)O)C(C)(C)O)cs3)ccc1-c1nc(cs1)C(=O)N[C@H]2CC(N)=O. The van der Waals surface area contributed by atoms with E-state index >= 15 is 4.79 Å². The van der Waals surface area contributed by atoms with E-state index in [0.29, 0.717) is 43.0 Å². The summed E-state index contributed by atoms with van der Waals surface area (Å²) in [7, 11) is 0. The number of aromatic hydroxyl groups is 1. The number of phenols is 1. The number of carboxylic acid groups (broad SMARTS) is 1. The monoisotopic (exact) mass is 1370 g/mol. The summed E-state index contributed by atoms with van der Waals surface area (Å²) in [6, 6.07) is 11.7. The summed E-state index contributed by atoms with van der Waals surface area (Å²) in [5.41, 5.74) is 5.95. The van der Waals surface area contributed by atoms with Crippen LogP contribution in [0.25, 0.3) is 43.4 Å². The zero-order valence-electron chi connectivity index (χ0n) is 49.3. The van der Waals surface area contributed by atoms with Crippen molar-refractivity contribution in [2.45, 2.75) is 88.6 Å². The van der Waals surface area contributed by atoms with Crippen molar-refractivity contribution in [1.29, 1.82) is 0 Å². The molecule has 8 atom stereocenters. The van der Waals surface area contributed by atoms with Crippen LogP contribution in [0.4, 0.5) is 0 Å². The Bertz CT molecular complexity index is 4350. The molecule has 0 aliphatic carbocycles. The Balaban J connectivity index is 0.994.